The van der Waals surface area contributed by atoms with Crippen molar-refractivity contribution in [2.75, 3.05) is 12.5 Å². The van der Waals surface area contributed by atoms with Gasteiger partial charge in [-0.15, -0.1) is 23.5 Å². The van der Waals surface area contributed by atoms with Gasteiger partial charge in [-0.25, -0.2) is 0 Å². The molecule has 3 atom stereocenters. The minimum absolute atomic E-state index is 0.0800. The van der Waals surface area contributed by atoms with Crippen LogP contribution < -0.4 is 4.74 Å². The maximum absolute atomic E-state index is 7.56. The minimum Gasteiger partial charge on any atom is -0.472 e. The number of benzene rings is 5. The molecular weight excluding hydrogens is 561 g/mol. The van der Waals surface area contributed by atoms with Crippen LogP contribution in [-0.4, -0.2) is 12.5 Å². The van der Waals surface area contributed by atoms with Crippen molar-refractivity contribution in [3.05, 3.63) is 131 Å². The molecular formula is C40H34OS2. The molecule has 0 saturated heterocycles. The molecule has 5 aromatic rings. The number of thioether (sulfide) groups is 2. The van der Waals surface area contributed by atoms with E-state index in [1.165, 1.54) is 68.5 Å². The van der Waals surface area contributed by atoms with Crippen LogP contribution in [-0.2, 0) is 11.0 Å². The lowest BCUT2D eigenvalue weighted by molar-refractivity contribution is 0.163. The lowest BCUT2D eigenvalue weighted by atomic mass is 9.65. The highest BCUT2D eigenvalue weighted by atomic mass is 32.2. The second kappa shape index (κ2) is 9.55. The van der Waals surface area contributed by atoms with E-state index in [0.717, 1.165) is 22.8 Å². The van der Waals surface area contributed by atoms with Crippen molar-refractivity contribution in [3.8, 4) is 16.9 Å². The largest absolute Gasteiger partial charge is 0.472 e. The maximum atomic E-state index is 7.56. The Morgan fingerprint density at radius 3 is 2.00 bits per heavy atom. The first-order valence-electron chi connectivity index (χ1n) is 15.5. The molecule has 0 radical (unpaired) electrons. The van der Waals surface area contributed by atoms with Gasteiger partial charge in [0.1, 0.15) is 5.75 Å². The first-order chi connectivity index (χ1) is 21.2. The minimum atomic E-state index is -0.717. The lowest BCUT2D eigenvalue weighted by Gasteiger charge is -2.41. The van der Waals surface area contributed by atoms with E-state index in [1.54, 1.807) is 29.1 Å². The topological polar surface area (TPSA) is 9.23 Å². The summed E-state index contributed by atoms with van der Waals surface area (Å²) in [7, 11) is 0. The summed E-state index contributed by atoms with van der Waals surface area (Å²) in [6.07, 6.45) is 14.4. The van der Waals surface area contributed by atoms with Crippen LogP contribution in [0.15, 0.2) is 113 Å². The second-order valence-electron chi connectivity index (χ2n) is 12.8. The van der Waals surface area contributed by atoms with Crippen molar-refractivity contribution >= 4 is 40.4 Å². The van der Waals surface area contributed by atoms with Gasteiger partial charge < -0.3 is 4.74 Å². The third-order valence-corrected chi connectivity index (χ3v) is 12.4. The molecule has 1 heterocycles. The van der Waals surface area contributed by atoms with Crippen LogP contribution in [0.3, 0.4) is 0 Å². The Labute approximate surface area is 262 Å². The van der Waals surface area contributed by atoms with Crippen LogP contribution in [0.25, 0.3) is 28.0 Å². The van der Waals surface area contributed by atoms with Crippen LogP contribution in [0.4, 0.5) is 0 Å². The zero-order valence-electron chi connectivity index (χ0n) is 24.6. The molecule has 3 aliphatic carbocycles. The van der Waals surface area contributed by atoms with Gasteiger partial charge in [-0.05, 0) is 102 Å². The van der Waals surface area contributed by atoms with Gasteiger partial charge >= 0.3 is 0 Å². The lowest BCUT2D eigenvalue weighted by Crippen LogP contribution is -2.36. The molecule has 43 heavy (non-hydrogen) atoms. The molecule has 2 bridgehead atoms. The summed E-state index contributed by atoms with van der Waals surface area (Å²) in [4.78, 5) is 2.52. The van der Waals surface area contributed by atoms with Crippen LogP contribution in [0.2, 0.25) is 0 Å². The SMILES string of the molecule is CSc1ccc(C2(c3ccc(SC)cc3)C=Cc3c4c(c5ccccc5c3O2)-c2ccccc2C42CC3CCC2C3)cc1. The summed E-state index contributed by atoms with van der Waals surface area (Å²) < 4.78 is 7.56. The van der Waals surface area contributed by atoms with E-state index in [0.29, 0.717) is 5.92 Å². The van der Waals surface area contributed by atoms with Crippen LogP contribution in [0.5, 0.6) is 5.75 Å². The summed E-state index contributed by atoms with van der Waals surface area (Å²) in [5.41, 5.74) is 8.97. The Morgan fingerprint density at radius 1 is 0.721 bits per heavy atom. The fraction of sp³-hybridized carbons (Fsp3) is 0.250. The Balaban J connectivity index is 1.34. The normalized spacial score (nSPS) is 23.8. The number of hydrogen-bond acceptors (Lipinski definition) is 3. The zero-order chi connectivity index (χ0) is 28.8. The Bertz CT molecular complexity index is 1890. The predicted molar refractivity (Wildman–Crippen MR) is 182 cm³/mol. The number of hydrogen-bond donors (Lipinski definition) is 0. The highest BCUT2D eigenvalue weighted by Gasteiger charge is 2.58. The van der Waals surface area contributed by atoms with Gasteiger partial charge in [0.25, 0.3) is 0 Å². The van der Waals surface area contributed by atoms with Gasteiger partial charge in [-0.2, -0.15) is 0 Å². The van der Waals surface area contributed by atoms with Crippen molar-refractivity contribution in [2.45, 2.75) is 46.5 Å². The van der Waals surface area contributed by atoms with Gasteiger partial charge in [0.2, 0.25) is 0 Å². The van der Waals surface area contributed by atoms with Crippen molar-refractivity contribution in [2.24, 2.45) is 11.8 Å². The van der Waals surface area contributed by atoms with Gasteiger partial charge in [-0.1, -0.05) is 85.3 Å². The Morgan fingerprint density at radius 2 is 1.37 bits per heavy atom. The first-order valence-corrected chi connectivity index (χ1v) is 18.0. The highest BCUT2D eigenvalue weighted by Crippen LogP contribution is 2.68. The van der Waals surface area contributed by atoms with E-state index in [9.17, 15) is 0 Å². The third-order valence-electron chi connectivity index (χ3n) is 11.0. The van der Waals surface area contributed by atoms with E-state index in [-0.39, 0.29) is 5.41 Å². The number of ether oxygens (including phenoxy) is 1. The monoisotopic (exact) mass is 594 g/mol. The zero-order valence-corrected chi connectivity index (χ0v) is 26.2. The fourth-order valence-corrected chi connectivity index (χ4v) is 10.00. The van der Waals surface area contributed by atoms with Gasteiger partial charge in [0.05, 0.1) is 0 Å². The summed E-state index contributed by atoms with van der Waals surface area (Å²) >= 11 is 3.55. The quantitative estimate of drug-likeness (QED) is 0.192. The van der Waals surface area contributed by atoms with Crippen molar-refractivity contribution in [1.29, 1.82) is 0 Å². The van der Waals surface area contributed by atoms with E-state index in [2.05, 4.69) is 122 Å². The molecule has 0 aromatic heterocycles. The molecule has 0 amide bonds. The molecule has 212 valence electrons. The van der Waals surface area contributed by atoms with E-state index < -0.39 is 5.60 Å². The standard InChI is InChI=1S/C40H34OS2/c1-42-29-17-13-26(14-18-29)40(27-15-19-30(43-2)20-16-27)22-21-34-37-36(31-7-3-4-8-32(31)38(34)41-40)33-9-5-6-10-35(33)39(37)24-25-11-12-28(39)23-25/h3-10,13-22,25,28H,11-12,23-24H2,1-2H3. The molecule has 3 unspecified atom stereocenters. The average molecular weight is 595 g/mol. The second-order valence-corrected chi connectivity index (χ2v) is 14.5. The summed E-state index contributed by atoms with van der Waals surface area (Å²) in [5.74, 6) is 2.56. The molecule has 0 N–H and O–H groups in total. The van der Waals surface area contributed by atoms with Crippen molar-refractivity contribution in [1.82, 2.24) is 0 Å². The highest BCUT2D eigenvalue weighted by molar-refractivity contribution is 7.98. The number of rotatable bonds is 4. The first kappa shape index (κ1) is 26.0. The van der Waals surface area contributed by atoms with E-state index >= 15 is 0 Å². The molecule has 1 spiro atoms. The number of fused-ring (bicyclic) bond motifs is 13. The molecule has 5 aromatic carbocycles. The van der Waals surface area contributed by atoms with Crippen LogP contribution >= 0.6 is 23.5 Å². The Kier molecular flexibility index (Phi) is 5.78. The van der Waals surface area contributed by atoms with Gasteiger partial charge in [0.15, 0.2) is 5.60 Å². The fourth-order valence-electron chi connectivity index (χ4n) is 9.18. The Hall–Kier alpha value is -3.40. The molecule has 1 aliphatic heterocycles. The van der Waals surface area contributed by atoms with Crippen molar-refractivity contribution < 1.29 is 4.74 Å². The molecule has 9 rings (SSSR count). The van der Waals surface area contributed by atoms with Crippen LogP contribution in [0, 0.1) is 11.8 Å². The van der Waals surface area contributed by atoms with Crippen molar-refractivity contribution in [3.63, 3.8) is 0 Å². The molecule has 4 aliphatic rings. The molecule has 2 saturated carbocycles. The average Bonchev–Trinajstić information content (AvgIpc) is 3.77. The summed E-state index contributed by atoms with van der Waals surface area (Å²) in [6, 6.07) is 36.3. The molecule has 1 nitrogen and oxygen atoms in total. The predicted octanol–water partition coefficient (Wildman–Crippen LogP) is 10.7. The van der Waals surface area contributed by atoms with Gasteiger partial charge in [0, 0.05) is 37.3 Å². The maximum Gasteiger partial charge on any atom is 0.178 e. The van der Waals surface area contributed by atoms with E-state index in [1.807, 2.05) is 0 Å². The third kappa shape index (κ3) is 3.50. The summed E-state index contributed by atoms with van der Waals surface area (Å²) in [6.45, 7) is 0. The smallest absolute Gasteiger partial charge is 0.178 e. The van der Waals surface area contributed by atoms with Crippen LogP contribution in [0.1, 0.15) is 53.5 Å². The molecule has 2 fully saturated rings. The summed E-state index contributed by atoms with van der Waals surface area (Å²) in [5, 5.41) is 2.53. The van der Waals surface area contributed by atoms with E-state index in [4.69, 9.17) is 4.74 Å². The van der Waals surface area contributed by atoms with Gasteiger partial charge in [-0.3, -0.25) is 0 Å². The molecule has 3 heteroatoms.